The average molecular weight is 224 g/mol. The van der Waals surface area contributed by atoms with E-state index in [1.54, 1.807) is 0 Å². The van der Waals surface area contributed by atoms with E-state index in [0.29, 0.717) is 0 Å². The van der Waals surface area contributed by atoms with Gasteiger partial charge in [-0.3, -0.25) is 4.79 Å². The van der Waals surface area contributed by atoms with Crippen LogP contribution >= 0.6 is 0 Å². The number of carbonyl (C=O) groups excluding carboxylic acids is 1. The smallest absolute Gasteiger partial charge is 0.224 e. The standard InChI is InChI=1S/C13H24N2O/c1-9-7-10(9)8-15-12(16)11-5-3-4-6-13(11,2)14/h9-11H,3-8,14H2,1-2H3,(H,15,16). The van der Waals surface area contributed by atoms with Gasteiger partial charge in [0.05, 0.1) is 5.92 Å². The second kappa shape index (κ2) is 4.36. The third-order valence-corrected chi connectivity index (χ3v) is 4.39. The number of nitrogens with one attached hydrogen (secondary N) is 1. The lowest BCUT2D eigenvalue weighted by atomic mass is 9.74. The molecule has 2 saturated carbocycles. The highest BCUT2D eigenvalue weighted by Crippen LogP contribution is 2.37. The predicted molar refractivity (Wildman–Crippen MR) is 64.8 cm³/mol. The third kappa shape index (κ3) is 2.57. The van der Waals surface area contributed by atoms with E-state index in [4.69, 9.17) is 5.73 Å². The van der Waals surface area contributed by atoms with Gasteiger partial charge in [-0.05, 0) is 38.0 Å². The van der Waals surface area contributed by atoms with Crippen LogP contribution in [0.4, 0.5) is 0 Å². The molecule has 2 aliphatic rings. The minimum absolute atomic E-state index is 0.0234. The van der Waals surface area contributed by atoms with Gasteiger partial charge < -0.3 is 11.1 Å². The number of amides is 1. The highest BCUT2D eigenvalue weighted by molar-refractivity contribution is 5.80. The molecule has 4 atom stereocenters. The molecule has 0 aliphatic heterocycles. The van der Waals surface area contributed by atoms with Crippen molar-refractivity contribution >= 4 is 5.91 Å². The van der Waals surface area contributed by atoms with Crippen molar-refractivity contribution in [2.75, 3.05) is 6.54 Å². The number of hydrogen-bond donors (Lipinski definition) is 2. The summed E-state index contributed by atoms with van der Waals surface area (Å²) in [7, 11) is 0. The number of carbonyl (C=O) groups is 1. The molecule has 0 heterocycles. The first-order valence-electron chi connectivity index (χ1n) is 6.57. The zero-order valence-electron chi connectivity index (χ0n) is 10.5. The molecule has 3 N–H and O–H groups in total. The van der Waals surface area contributed by atoms with Crippen molar-refractivity contribution in [1.29, 1.82) is 0 Å². The topological polar surface area (TPSA) is 55.1 Å². The molecule has 0 radical (unpaired) electrons. The highest BCUT2D eigenvalue weighted by Gasteiger charge is 2.39. The van der Waals surface area contributed by atoms with Gasteiger partial charge in [-0.15, -0.1) is 0 Å². The summed E-state index contributed by atoms with van der Waals surface area (Å²) in [5.41, 5.74) is 5.92. The normalized spacial score (nSPS) is 42.8. The molecule has 0 spiro atoms. The van der Waals surface area contributed by atoms with Crippen LogP contribution in [0.5, 0.6) is 0 Å². The monoisotopic (exact) mass is 224 g/mol. The zero-order valence-corrected chi connectivity index (χ0v) is 10.5. The first kappa shape index (κ1) is 11.9. The molecule has 0 saturated heterocycles. The van der Waals surface area contributed by atoms with Crippen LogP contribution in [0.3, 0.4) is 0 Å². The van der Waals surface area contributed by atoms with Gasteiger partial charge in [0, 0.05) is 12.1 Å². The lowest BCUT2D eigenvalue weighted by molar-refractivity contribution is -0.128. The second-order valence-corrected chi connectivity index (χ2v) is 6.02. The lowest BCUT2D eigenvalue weighted by Gasteiger charge is -2.37. The Morgan fingerprint density at radius 3 is 2.75 bits per heavy atom. The molecule has 1 amide bonds. The Bertz CT molecular complexity index is 275. The quantitative estimate of drug-likeness (QED) is 0.766. The fourth-order valence-corrected chi connectivity index (χ4v) is 2.83. The molecule has 0 aromatic heterocycles. The van der Waals surface area contributed by atoms with Gasteiger partial charge in [-0.2, -0.15) is 0 Å². The summed E-state index contributed by atoms with van der Waals surface area (Å²) in [5.74, 6) is 1.73. The molecule has 2 aliphatic carbocycles. The second-order valence-electron chi connectivity index (χ2n) is 6.02. The van der Waals surface area contributed by atoms with Gasteiger partial charge in [-0.1, -0.05) is 19.8 Å². The molecule has 3 nitrogen and oxygen atoms in total. The summed E-state index contributed by atoms with van der Waals surface area (Å²) < 4.78 is 0. The Morgan fingerprint density at radius 1 is 1.50 bits per heavy atom. The minimum atomic E-state index is -0.294. The highest BCUT2D eigenvalue weighted by atomic mass is 16.1. The van der Waals surface area contributed by atoms with E-state index in [-0.39, 0.29) is 17.4 Å². The van der Waals surface area contributed by atoms with Crippen molar-refractivity contribution in [3.05, 3.63) is 0 Å². The fraction of sp³-hybridized carbons (Fsp3) is 0.923. The van der Waals surface area contributed by atoms with Gasteiger partial charge in [-0.25, -0.2) is 0 Å². The molecule has 16 heavy (non-hydrogen) atoms. The van der Waals surface area contributed by atoms with Crippen LogP contribution in [0.1, 0.15) is 46.0 Å². The summed E-state index contributed by atoms with van der Waals surface area (Å²) in [4.78, 5) is 12.1. The third-order valence-electron chi connectivity index (χ3n) is 4.39. The van der Waals surface area contributed by atoms with Gasteiger partial charge in [0.1, 0.15) is 0 Å². The van der Waals surface area contributed by atoms with Crippen LogP contribution in [-0.4, -0.2) is 18.0 Å². The molecule has 92 valence electrons. The Labute approximate surface area is 98.2 Å². The first-order valence-corrected chi connectivity index (χ1v) is 6.57. The lowest BCUT2D eigenvalue weighted by Crippen LogP contribution is -2.53. The van der Waals surface area contributed by atoms with Crippen molar-refractivity contribution in [2.24, 2.45) is 23.5 Å². The van der Waals surface area contributed by atoms with Crippen LogP contribution in [-0.2, 0) is 4.79 Å². The number of nitrogens with two attached hydrogens (primary N) is 1. The van der Waals surface area contributed by atoms with E-state index in [9.17, 15) is 4.79 Å². The Morgan fingerprint density at radius 2 is 2.19 bits per heavy atom. The maximum Gasteiger partial charge on any atom is 0.224 e. The van der Waals surface area contributed by atoms with Gasteiger partial charge in [0.15, 0.2) is 0 Å². The summed E-state index contributed by atoms with van der Waals surface area (Å²) in [6, 6.07) is 0. The van der Waals surface area contributed by atoms with Gasteiger partial charge in [0.2, 0.25) is 5.91 Å². The maximum absolute atomic E-state index is 12.1. The van der Waals surface area contributed by atoms with Crippen LogP contribution in [0.2, 0.25) is 0 Å². The van der Waals surface area contributed by atoms with E-state index in [0.717, 1.165) is 44.1 Å². The van der Waals surface area contributed by atoms with Crippen LogP contribution in [0.25, 0.3) is 0 Å². The SMILES string of the molecule is CC1CC1CNC(=O)C1CCCCC1(C)N. The molecule has 3 heteroatoms. The average Bonchev–Trinajstić information content (AvgIpc) is 2.90. The van der Waals surface area contributed by atoms with Crippen LogP contribution < -0.4 is 11.1 Å². The zero-order chi connectivity index (χ0) is 11.8. The Balaban J connectivity index is 1.82. The molecule has 0 aromatic carbocycles. The molecule has 2 fully saturated rings. The summed E-state index contributed by atoms with van der Waals surface area (Å²) in [6.45, 7) is 5.12. The van der Waals surface area contributed by atoms with E-state index < -0.39 is 0 Å². The van der Waals surface area contributed by atoms with E-state index in [1.807, 2.05) is 6.92 Å². The molecule has 0 bridgehead atoms. The maximum atomic E-state index is 12.1. The molecular weight excluding hydrogens is 200 g/mol. The Kier molecular flexibility index (Phi) is 3.24. The van der Waals surface area contributed by atoms with Crippen molar-refractivity contribution in [2.45, 2.75) is 51.5 Å². The van der Waals surface area contributed by atoms with E-state index >= 15 is 0 Å². The van der Waals surface area contributed by atoms with E-state index in [1.165, 1.54) is 6.42 Å². The summed E-state index contributed by atoms with van der Waals surface area (Å²) in [5, 5.41) is 3.08. The van der Waals surface area contributed by atoms with Crippen LogP contribution in [0.15, 0.2) is 0 Å². The Hall–Kier alpha value is -0.570. The molecule has 4 unspecified atom stereocenters. The van der Waals surface area contributed by atoms with Gasteiger partial charge >= 0.3 is 0 Å². The van der Waals surface area contributed by atoms with Crippen molar-refractivity contribution < 1.29 is 4.79 Å². The predicted octanol–water partition coefficient (Wildman–Crippen LogP) is 1.67. The molecule has 0 aromatic rings. The largest absolute Gasteiger partial charge is 0.356 e. The van der Waals surface area contributed by atoms with Crippen molar-refractivity contribution in [1.82, 2.24) is 5.32 Å². The number of hydrogen-bond acceptors (Lipinski definition) is 2. The number of rotatable bonds is 3. The van der Waals surface area contributed by atoms with E-state index in [2.05, 4.69) is 12.2 Å². The molecule has 2 rings (SSSR count). The summed E-state index contributed by atoms with van der Waals surface area (Å²) >= 11 is 0. The minimum Gasteiger partial charge on any atom is -0.356 e. The van der Waals surface area contributed by atoms with Crippen molar-refractivity contribution in [3.8, 4) is 0 Å². The fourth-order valence-electron chi connectivity index (χ4n) is 2.83. The van der Waals surface area contributed by atoms with Crippen LogP contribution in [0, 0.1) is 17.8 Å². The first-order chi connectivity index (χ1) is 7.50. The summed E-state index contributed by atoms with van der Waals surface area (Å²) in [6.07, 6.45) is 5.51. The van der Waals surface area contributed by atoms with Gasteiger partial charge in [0.25, 0.3) is 0 Å². The van der Waals surface area contributed by atoms with Crippen molar-refractivity contribution in [3.63, 3.8) is 0 Å². The molecular formula is C13H24N2O.